The van der Waals surface area contributed by atoms with Gasteiger partial charge in [-0.15, -0.1) is 0 Å². The summed E-state index contributed by atoms with van der Waals surface area (Å²) in [6.07, 6.45) is 0. The van der Waals surface area contributed by atoms with Gasteiger partial charge in [-0.1, -0.05) is 0 Å². The molecule has 1 aromatic rings. The fourth-order valence-corrected chi connectivity index (χ4v) is 0.785. The van der Waals surface area contributed by atoms with E-state index in [0.29, 0.717) is 11.8 Å². The van der Waals surface area contributed by atoms with Crippen LogP contribution in [0.3, 0.4) is 0 Å². The lowest BCUT2D eigenvalue weighted by Gasteiger charge is -2.00. The molecule has 0 radical (unpaired) electrons. The van der Waals surface area contributed by atoms with Gasteiger partial charge in [0.2, 0.25) is 5.95 Å². The van der Waals surface area contributed by atoms with Crippen molar-refractivity contribution in [2.24, 2.45) is 7.05 Å². The molecule has 0 saturated carbocycles. The number of aryl methyl sites for hydroxylation is 2. The molecule has 2 amide bonds. The Bertz CT molecular complexity index is 292. The van der Waals surface area contributed by atoms with Crippen molar-refractivity contribution in [3.05, 3.63) is 5.82 Å². The zero-order valence-electron chi connectivity index (χ0n) is 7.25. The van der Waals surface area contributed by atoms with E-state index < -0.39 is 0 Å². The van der Waals surface area contributed by atoms with Crippen LogP contribution in [0.5, 0.6) is 0 Å². The topological polar surface area (TPSA) is 71.8 Å². The van der Waals surface area contributed by atoms with Crippen LogP contribution in [0.4, 0.5) is 10.7 Å². The summed E-state index contributed by atoms with van der Waals surface area (Å²) in [5, 5.41) is 8.90. The quantitative estimate of drug-likeness (QED) is 0.615. The Morgan fingerprint density at radius 1 is 1.58 bits per heavy atom. The Labute approximate surface area is 70.0 Å². The summed E-state index contributed by atoms with van der Waals surface area (Å²) in [5.74, 6) is 1.07. The van der Waals surface area contributed by atoms with Gasteiger partial charge >= 0.3 is 6.03 Å². The van der Waals surface area contributed by atoms with Gasteiger partial charge in [-0.05, 0) is 6.92 Å². The van der Waals surface area contributed by atoms with E-state index in [9.17, 15) is 4.79 Å². The zero-order chi connectivity index (χ0) is 9.14. The molecule has 0 saturated heterocycles. The Hall–Kier alpha value is -1.59. The van der Waals surface area contributed by atoms with Gasteiger partial charge in [-0.25, -0.2) is 9.48 Å². The molecule has 0 atom stereocenters. The van der Waals surface area contributed by atoms with Crippen LogP contribution < -0.4 is 10.6 Å². The molecule has 1 heterocycles. The molecule has 0 fully saturated rings. The van der Waals surface area contributed by atoms with Gasteiger partial charge in [-0.3, -0.25) is 5.32 Å². The number of carbonyl (C=O) groups is 1. The normalized spacial score (nSPS) is 9.58. The van der Waals surface area contributed by atoms with Crippen LogP contribution in [0.1, 0.15) is 5.82 Å². The minimum atomic E-state index is -0.300. The predicted molar refractivity (Wildman–Crippen MR) is 43.8 cm³/mol. The summed E-state index contributed by atoms with van der Waals surface area (Å²) < 4.78 is 1.50. The highest BCUT2D eigenvalue weighted by atomic mass is 16.2. The lowest BCUT2D eigenvalue weighted by Crippen LogP contribution is -2.26. The number of hydrogen-bond acceptors (Lipinski definition) is 3. The second-order valence-electron chi connectivity index (χ2n) is 2.31. The van der Waals surface area contributed by atoms with Gasteiger partial charge in [0.25, 0.3) is 0 Å². The number of rotatable bonds is 1. The summed E-state index contributed by atoms with van der Waals surface area (Å²) in [6, 6.07) is -0.300. The summed E-state index contributed by atoms with van der Waals surface area (Å²) in [4.78, 5) is 14.8. The minimum absolute atomic E-state index is 0.300. The van der Waals surface area contributed by atoms with E-state index in [-0.39, 0.29) is 6.03 Å². The van der Waals surface area contributed by atoms with E-state index >= 15 is 0 Å². The molecule has 6 heteroatoms. The smallest absolute Gasteiger partial charge is 0.321 e. The minimum Gasteiger partial charge on any atom is -0.341 e. The highest BCUT2D eigenvalue weighted by Gasteiger charge is 2.05. The van der Waals surface area contributed by atoms with Crippen LogP contribution in [0.25, 0.3) is 0 Å². The van der Waals surface area contributed by atoms with Crippen molar-refractivity contribution in [3.8, 4) is 0 Å². The molecular weight excluding hydrogens is 158 g/mol. The first-order valence-electron chi connectivity index (χ1n) is 3.50. The van der Waals surface area contributed by atoms with E-state index in [1.54, 1.807) is 21.0 Å². The van der Waals surface area contributed by atoms with Gasteiger partial charge in [0, 0.05) is 14.1 Å². The van der Waals surface area contributed by atoms with Crippen LogP contribution in [0.2, 0.25) is 0 Å². The fraction of sp³-hybridized carbons (Fsp3) is 0.500. The van der Waals surface area contributed by atoms with Gasteiger partial charge in [-0.2, -0.15) is 10.1 Å². The number of aromatic nitrogens is 3. The van der Waals surface area contributed by atoms with E-state index in [2.05, 4.69) is 20.7 Å². The molecule has 66 valence electrons. The Morgan fingerprint density at radius 3 is 2.67 bits per heavy atom. The molecule has 0 unspecified atom stereocenters. The third-order valence-electron chi connectivity index (χ3n) is 1.32. The molecule has 1 aromatic heterocycles. The molecular formula is C6H11N5O. The fourth-order valence-electron chi connectivity index (χ4n) is 0.785. The average Bonchev–Trinajstić information content (AvgIpc) is 2.30. The monoisotopic (exact) mass is 169 g/mol. The maximum atomic E-state index is 10.8. The number of carbonyl (C=O) groups excluding carboxylic acids is 1. The highest BCUT2D eigenvalue weighted by molar-refractivity contribution is 5.87. The van der Waals surface area contributed by atoms with Crippen molar-refractivity contribution >= 4 is 12.0 Å². The average molecular weight is 169 g/mol. The van der Waals surface area contributed by atoms with Crippen molar-refractivity contribution in [1.82, 2.24) is 20.1 Å². The van der Waals surface area contributed by atoms with Gasteiger partial charge < -0.3 is 5.32 Å². The standard InChI is InChI=1S/C6H11N5O/c1-4-8-5(11(3)10-4)9-6(12)7-2/h1-3H3,(H2,7,8,9,10,12). The predicted octanol–water partition coefficient (Wildman–Crippen LogP) is -0.125. The van der Waals surface area contributed by atoms with Crippen LogP contribution in [-0.4, -0.2) is 27.8 Å². The number of amides is 2. The molecule has 0 aromatic carbocycles. The Morgan fingerprint density at radius 2 is 2.25 bits per heavy atom. The lowest BCUT2D eigenvalue weighted by atomic mass is 10.7. The number of hydrogen-bond donors (Lipinski definition) is 2. The SMILES string of the molecule is CNC(=O)Nc1nc(C)nn1C. The largest absolute Gasteiger partial charge is 0.341 e. The van der Waals surface area contributed by atoms with Gasteiger partial charge in [0.15, 0.2) is 0 Å². The molecule has 0 aliphatic rings. The maximum absolute atomic E-state index is 10.8. The lowest BCUT2D eigenvalue weighted by molar-refractivity contribution is 0.253. The number of urea groups is 1. The van der Waals surface area contributed by atoms with Crippen molar-refractivity contribution in [3.63, 3.8) is 0 Å². The maximum Gasteiger partial charge on any atom is 0.321 e. The summed E-state index contributed by atoms with van der Waals surface area (Å²) in [6.45, 7) is 1.76. The first kappa shape index (κ1) is 8.51. The molecule has 1 rings (SSSR count). The van der Waals surface area contributed by atoms with Crippen molar-refractivity contribution < 1.29 is 4.79 Å². The summed E-state index contributed by atoms with van der Waals surface area (Å²) >= 11 is 0. The molecule has 6 nitrogen and oxygen atoms in total. The van der Waals surface area contributed by atoms with Crippen molar-refractivity contribution in [2.45, 2.75) is 6.92 Å². The second-order valence-corrected chi connectivity index (χ2v) is 2.31. The zero-order valence-corrected chi connectivity index (χ0v) is 7.25. The van der Waals surface area contributed by atoms with Crippen LogP contribution in [0, 0.1) is 6.92 Å². The van der Waals surface area contributed by atoms with Crippen LogP contribution in [-0.2, 0) is 7.05 Å². The van der Waals surface area contributed by atoms with Gasteiger partial charge in [0.1, 0.15) is 5.82 Å². The number of nitrogens with one attached hydrogen (secondary N) is 2. The molecule has 0 aliphatic carbocycles. The van der Waals surface area contributed by atoms with E-state index in [4.69, 9.17) is 0 Å². The summed E-state index contributed by atoms with van der Waals surface area (Å²) in [5.41, 5.74) is 0. The van der Waals surface area contributed by atoms with E-state index in [1.807, 2.05) is 0 Å². The number of anilines is 1. The third-order valence-corrected chi connectivity index (χ3v) is 1.32. The first-order valence-corrected chi connectivity index (χ1v) is 3.50. The van der Waals surface area contributed by atoms with Gasteiger partial charge in [0.05, 0.1) is 0 Å². The molecule has 0 spiro atoms. The summed E-state index contributed by atoms with van der Waals surface area (Å²) in [7, 11) is 3.25. The Kier molecular flexibility index (Phi) is 2.27. The molecule has 2 N–H and O–H groups in total. The Balaban J connectivity index is 2.75. The van der Waals surface area contributed by atoms with E-state index in [0.717, 1.165) is 0 Å². The molecule has 0 bridgehead atoms. The molecule has 0 aliphatic heterocycles. The molecule has 12 heavy (non-hydrogen) atoms. The van der Waals surface area contributed by atoms with Crippen molar-refractivity contribution in [2.75, 3.05) is 12.4 Å². The number of nitrogens with zero attached hydrogens (tertiary/aromatic N) is 3. The second kappa shape index (κ2) is 3.21. The third kappa shape index (κ3) is 1.71. The van der Waals surface area contributed by atoms with Crippen LogP contribution >= 0.6 is 0 Å². The van der Waals surface area contributed by atoms with E-state index in [1.165, 1.54) is 4.68 Å². The first-order chi connectivity index (χ1) is 5.63. The van der Waals surface area contributed by atoms with Crippen molar-refractivity contribution in [1.29, 1.82) is 0 Å². The van der Waals surface area contributed by atoms with Crippen LogP contribution in [0.15, 0.2) is 0 Å². The highest BCUT2D eigenvalue weighted by Crippen LogP contribution is 2.00.